The number of primary sulfonamides is 1. The van der Waals surface area contributed by atoms with Crippen LogP contribution in [0.3, 0.4) is 0 Å². The Morgan fingerprint density at radius 1 is 0.935 bits per heavy atom. The van der Waals surface area contributed by atoms with E-state index in [2.05, 4.69) is 0 Å². The van der Waals surface area contributed by atoms with Crippen molar-refractivity contribution in [2.24, 2.45) is 5.14 Å². The van der Waals surface area contributed by atoms with Crippen molar-refractivity contribution in [2.45, 2.75) is 4.90 Å². The van der Waals surface area contributed by atoms with Gasteiger partial charge in [-0.05, 0) is 48.5 Å². The Kier molecular flexibility index (Phi) is 5.58. The standard InChI is InChI=1S/C23H21ClN4O2S/c1-27(2)22-6-4-3-5-20(22)23-15-21(16-7-9-17(24)10-8-16)26-28(23)18-11-13-19(14-12-18)31(25,29)30/h3-15H,1-2H3,(H2,25,29,30). The molecule has 158 valence electrons. The molecule has 6 nitrogen and oxygen atoms in total. The first-order valence-electron chi connectivity index (χ1n) is 9.50. The lowest BCUT2D eigenvalue weighted by Crippen LogP contribution is -2.12. The van der Waals surface area contributed by atoms with E-state index in [0.717, 1.165) is 33.9 Å². The van der Waals surface area contributed by atoms with Crippen LogP contribution in [-0.2, 0) is 10.0 Å². The number of aromatic nitrogens is 2. The molecule has 0 unspecified atom stereocenters. The van der Waals surface area contributed by atoms with Crippen molar-refractivity contribution in [1.29, 1.82) is 0 Å². The fraction of sp³-hybridized carbons (Fsp3) is 0.0870. The van der Waals surface area contributed by atoms with E-state index in [1.165, 1.54) is 12.1 Å². The normalized spacial score (nSPS) is 11.5. The van der Waals surface area contributed by atoms with E-state index in [1.807, 2.05) is 73.6 Å². The fourth-order valence-electron chi connectivity index (χ4n) is 3.39. The Morgan fingerprint density at radius 2 is 1.58 bits per heavy atom. The van der Waals surface area contributed by atoms with Gasteiger partial charge in [0.05, 0.1) is 22.0 Å². The van der Waals surface area contributed by atoms with Crippen molar-refractivity contribution < 1.29 is 8.42 Å². The van der Waals surface area contributed by atoms with Gasteiger partial charge < -0.3 is 4.90 Å². The van der Waals surface area contributed by atoms with Crippen LogP contribution in [0.15, 0.2) is 83.8 Å². The molecule has 0 aliphatic carbocycles. The Morgan fingerprint density at radius 3 is 2.19 bits per heavy atom. The Balaban J connectivity index is 1.92. The molecule has 0 saturated heterocycles. The minimum atomic E-state index is -3.77. The van der Waals surface area contributed by atoms with Crippen LogP contribution in [-0.4, -0.2) is 32.3 Å². The summed E-state index contributed by atoms with van der Waals surface area (Å²) in [5, 5.41) is 10.7. The highest BCUT2D eigenvalue weighted by atomic mass is 35.5. The van der Waals surface area contributed by atoms with E-state index < -0.39 is 10.0 Å². The molecule has 0 saturated carbocycles. The van der Waals surface area contributed by atoms with Gasteiger partial charge >= 0.3 is 0 Å². The molecule has 4 rings (SSSR count). The zero-order valence-electron chi connectivity index (χ0n) is 17.0. The van der Waals surface area contributed by atoms with E-state index in [4.69, 9.17) is 21.8 Å². The minimum Gasteiger partial charge on any atom is -0.377 e. The van der Waals surface area contributed by atoms with Gasteiger partial charge in [0.2, 0.25) is 10.0 Å². The van der Waals surface area contributed by atoms with Gasteiger partial charge in [-0.25, -0.2) is 18.2 Å². The molecule has 0 aliphatic heterocycles. The third kappa shape index (κ3) is 4.34. The number of nitrogens with zero attached hydrogens (tertiary/aromatic N) is 3. The zero-order chi connectivity index (χ0) is 22.2. The second kappa shape index (κ2) is 8.19. The predicted molar refractivity (Wildman–Crippen MR) is 125 cm³/mol. The van der Waals surface area contributed by atoms with Gasteiger partial charge in [-0.15, -0.1) is 0 Å². The molecule has 31 heavy (non-hydrogen) atoms. The summed E-state index contributed by atoms with van der Waals surface area (Å²) in [6.45, 7) is 0. The second-order valence-electron chi connectivity index (χ2n) is 7.28. The van der Waals surface area contributed by atoms with Crippen LogP contribution in [0, 0.1) is 0 Å². The Bertz CT molecular complexity index is 1330. The molecule has 1 aromatic heterocycles. The van der Waals surface area contributed by atoms with Crippen LogP contribution >= 0.6 is 11.6 Å². The maximum Gasteiger partial charge on any atom is 0.238 e. The third-order valence-electron chi connectivity index (χ3n) is 4.92. The molecule has 0 spiro atoms. The summed E-state index contributed by atoms with van der Waals surface area (Å²) in [6.07, 6.45) is 0. The van der Waals surface area contributed by atoms with Gasteiger partial charge in [0.15, 0.2) is 0 Å². The zero-order valence-corrected chi connectivity index (χ0v) is 18.6. The Labute approximate surface area is 186 Å². The number of halogens is 1. The first-order chi connectivity index (χ1) is 14.7. The van der Waals surface area contributed by atoms with Crippen LogP contribution in [0.25, 0.3) is 28.2 Å². The van der Waals surface area contributed by atoms with Crippen LogP contribution in [0.1, 0.15) is 0 Å². The molecule has 3 aromatic carbocycles. The predicted octanol–water partition coefficient (Wildman–Crippen LogP) is 4.57. The van der Waals surface area contributed by atoms with Gasteiger partial charge in [0.1, 0.15) is 0 Å². The highest BCUT2D eigenvalue weighted by Gasteiger charge is 2.17. The summed E-state index contributed by atoms with van der Waals surface area (Å²) in [4.78, 5) is 2.09. The fourth-order valence-corrected chi connectivity index (χ4v) is 4.03. The molecule has 2 N–H and O–H groups in total. The van der Waals surface area contributed by atoms with Gasteiger partial charge in [0, 0.05) is 35.9 Å². The van der Waals surface area contributed by atoms with Gasteiger partial charge in [-0.3, -0.25) is 0 Å². The smallest absolute Gasteiger partial charge is 0.238 e. The molecule has 0 aliphatic rings. The number of benzene rings is 3. The third-order valence-corrected chi connectivity index (χ3v) is 6.10. The topological polar surface area (TPSA) is 81.2 Å². The Hall–Kier alpha value is -3.13. The van der Waals surface area contributed by atoms with Crippen molar-refractivity contribution in [3.05, 3.63) is 83.9 Å². The van der Waals surface area contributed by atoms with Crippen molar-refractivity contribution in [1.82, 2.24) is 9.78 Å². The SMILES string of the molecule is CN(C)c1ccccc1-c1cc(-c2ccc(Cl)cc2)nn1-c1ccc(S(N)(=O)=O)cc1. The molecule has 0 bridgehead atoms. The van der Waals surface area contributed by atoms with Crippen molar-refractivity contribution >= 4 is 27.3 Å². The molecule has 0 radical (unpaired) electrons. The molecule has 0 fully saturated rings. The van der Waals surface area contributed by atoms with Crippen LogP contribution in [0.5, 0.6) is 0 Å². The minimum absolute atomic E-state index is 0.0524. The average molecular weight is 453 g/mol. The number of hydrogen-bond acceptors (Lipinski definition) is 4. The maximum absolute atomic E-state index is 11.6. The van der Waals surface area contributed by atoms with Crippen LogP contribution in [0.4, 0.5) is 5.69 Å². The number of nitrogens with two attached hydrogens (primary N) is 1. The molecule has 0 atom stereocenters. The summed E-state index contributed by atoms with van der Waals surface area (Å²) in [5.74, 6) is 0. The van der Waals surface area contributed by atoms with Gasteiger partial charge in [-0.1, -0.05) is 41.9 Å². The maximum atomic E-state index is 11.6. The second-order valence-corrected chi connectivity index (χ2v) is 9.28. The summed E-state index contributed by atoms with van der Waals surface area (Å²) in [6, 6.07) is 23.9. The highest BCUT2D eigenvalue weighted by molar-refractivity contribution is 7.89. The van der Waals surface area contributed by atoms with Crippen molar-refractivity contribution in [3.63, 3.8) is 0 Å². The average Bonchev–Trinajstić information content (AvgIpc) is 3.19. The van der Waals surface area contributed by atoms with Gasteiger partial charge in [0.25, 0.3) is 0 Å². The number of rotatable bonds is 5. The van der Waals surface area contributed by atoms with E-state index in [9.17, 15) is 8.42 Å². The molecule has 8 heteroatoms. The number of para-hydroxylation sites is 1. The first kappa shape index (κ1) is 21.1. The van der Waals surface area contributed by atoms with E-state index in [-0.39, 0.29) is 4.90 Å². The quantitative estimate of drug-likeness (QED) is 0.480. The molecular weight excluding hydrogens is 432 g/mol. The molecule has 1 heterocycles. The molecule has 0 amide bonds. The monoisotopic (exact) mass is 452 g/mol. The van der Waals surface area contributed by atoms with E-state index in [0.29, 0.717) is 5.02 Å². The highest BCUT2D eigenvalue weighted by Crippen LogP contribution is 2.34. The first-order valence-corrected chi connectivity index (χ1v) is 11.4. The van der Waals surface area contributed by atoms with Crippen molar-refractivity contribution in [3.8, 4) is 28.2 Å². The summed E-state index contributed by atoms with van der Waals surface area (Å²) >= 11 is 6.04. The van der Waals surface area contributed by atoms with Crippen LogP contribution in [0.2, 0.25) is 5.02 Å². The van der Waals surface area contributed by atoms with E-state index in [1.54, 1.807) is 16.8 Å². The lowest BCUT2D eigenvalue weighted by Gasteiger charge is -2.18. The van der Waals surface area contributed by atoms with Gasteiger partial charge in [-0.2, -0.15) is 5.10 Å². The largest absolute Gasteiger partial charge is 0.377 e. The van der Waals surface area contributed by atoms with E-state index >= 15 is 0 Å². The number of anilines is 1. The number of sulfonamides is 1. The van der Waals surface area contributed by atoms with Crippen LogP contribution < -0.4 is 10.0 Å². The number of hydrogen-bond donors (Lipinski definition) is 1. The summed E-state index contributed by atoms with van der Waals surface area (Å²) in [5.41, 5.74) is 5.32. The molecular formula is C23H21ClN4O2S. The lowest BCUT2D eigenvalue weighted by molar-refractivity contribution is 0.598. The molecule has 4 aromatic rings. The lowest BCUT2D eigenvalue weighted by atomic mass is 10.1. The summed E-state index contributed by atoms with van der Waals surface area (Å²) in [7, 11) is 0.201. The van der Waals surface area contributed by atoms with Crippen molar-refractivity contribution in [2.75, 3.05) is 19.0 Å². The summed E-state index contributed by atoms with van der Waals surface area (Å²) < 4.78 is 25.1.